The monoisotopic (exact) mass is 485 g/mol. The zero-order valence-corrected chi connectivity index (χ0v) is 22.8. The first-order chi connectivity index (χ1) is 17.8. The number of benzene rings is 2. The standard InChI is InChI=1S/C34H47NO/c1-3-5-7-9-11-13-27-36-34-25-21-32(22-26-34)31-19-15-29(16-20-31)17-23-33-24-18-30(28-35-33)14-12-10-8-6-4-2/h15-16,18-22,24-26,28H,3-14,17,23,27H2,1-2H3. The van der Waals surface area contributed by atoms with Gasteiger partial charge in [-0.25, -0.2) is 0 Å². The van der Waals surface area contributed by atoms with Crippen molar-refractivity contribution in [1.82, 2.24) is 4.98 Å². The summed E-state index contributed by atoms with van der Waals surface area (Å²) in [5.74, 6) is 0.971. The van der Waals surface area contributed by atoms with E-state index >= 15 is 0 Å². The van der Waals surface area contributed by atoms with Crippen LogP contribution in [0.3, 0.4) is 0 Å². The first-order valence-electron chi connectivity index (χ1n) is 14.5. The molecule has 0 radical (unpaired) electrons. The lowest BCUT2D eigenvalue weighted by atomic mass is 10.0. The highest BCUT2D eigenvalue weighted by Gasteiger charge is 2.03. The molecule has 36 heavy (non-hydrogen) atoms. The third kappa shape index (κ3) is 10.6. The van der Waals surface area contributed by atoms with E-state index < -0.39 is 0 Å². The smallest absolute Gasteiger partial charge is 0.119 e. The second-order valence-electron chi connectivity index (χ2n) is 10.2. The number of hydrogen-bond acceptors (Lipinski definition) is 2. The van der Waals surface area contributed by atoms with Gasteiger partial charge in [-0.2, -0.15) is 0 Å². The van der Waals surface area contributed by atoms with Gasteiger partial charge in [0.05, 0.1) is 6.61 Å². The van der Waals surface area contributed by atoms with Crippen molar-refractivity contribution in [1.29, 1.82) is 0 Å². The molecule has 0 unspecified atom stereocenters. The minimum absolute atomic E-state index is 0.816. The SMILES string of the molecule is CCCCCCCCOc1ccc(-c2ccc(CCc3ccc(CCCCCCC)cn3)cc2)cc1. The van der Waals surface area contributed by atoms with Crippen LogP contribution in [0.4, 0.5) is 0 Å². The summed E-state index contributed by atoms with van der Waals surface area (Å²) in [5.41, 5.74) is 6.41. The second kappa shape index (κ2) is 17.0. The topological polar surface area (TPSA) is 22.1 Å². The van der Waals surface area contributed by atoms with Crippen LogP contribution >= 0.6 is 0 Å². The van der Waals surface area contributed by atoms with Crippen LogP contribution in [0.1, 0.15) is 101 Å². The second-order valence-corrected chi connectivity index (χ2v) is 10.2. The van der Waals surface area contributed by atoms with Crippen molar-refractivity contribution in [3.63, 3.8) is 0 Å². The van der Waals surface area contributed by atoms with Crippen molar-refractivity contribution >= 4 is 0 Å². The van der Waals surface area contributed by atoms with E-state index in [0.29, 0.717) is 0 Å². The first kappa shape index (κ1) is 28.0. The lowest BCUT2D eigenvalue weighted by molar-refractivity contribution is 0.304. The van der Waals surface area contributed by atoms with Crippen molar-refractivity contribution in [2.75, 3.05) is 6.61 Å². The Bertz CT molecular complexity index is 944. The fraction of sp³-hybridized carbons (Fsp3) is 0.500. The Balaban J connectivity index is 1.37. The van der Waals surface area contributed by atoms with Gasteiger partial charge in [0.1, 0.15) is 5.75 Å². The summed E-state index contributed by atoms with van der Waals surface area (Å²) < 4.78 is 5.93. The van der Waals surface area contributed by atoms with E-state index in [0.717, 1.165) is 38.0 Å². The zero-order chi connectivity index (χ0) is 25.3. The molecule has 3 rings (SSSR count). The van der Waals surface area contributed by atoms with E-state index in [2.05, 4.69) is 80.7 Å². The number of rotatable bonds is 18. The third-order valence-corrected chi connectivity index (χ3v) is 7.03. The highest BCUT2D eigenvalue weighted by molar-refractivity contribution is 5.64. The van der Waals surface area contributed by atoms with Crippen molar-refractivity contribution in [2.45, 2.75) is 104 Å². The number of aromatic nitrogens is 1. The average Bonchev–Trinajstić information content (AvgIpc) is 2.93. The molecule has 0 fully saturated rings. The molecule has 2 nitrogen and oxygen atoms in total. The van der Waals surface area contributed by atoms with E-state index in [-0.39, 0.29) is 0 Å². The lowest BCUT2D eigenvalue weighted by Gasteiger charge is -2.08. The zero-order valence-electron chi connectivity index (χ0n) is 22.8. The van der Waals surface area contributed by atoms with Crippen molar-refractivity contribution in [2.24, 2.45) is 0 Å². The highest BCUT2D eigenvalue weighted by Crippen LogP contribution is 2.23. The van der Waals surface area contributed by atoms with Crippen molar-refractivity contribution in [3.8, 4) is 16.9 Å². The summed E-state index contributed by atoms with van der Waals surface area (Å²) in [6.45, 7) is 5.34. The molecule has 0 atom stereocenters. The predicted molar refractivity (Wildman–Crippen MR) is 155 cm³/mol. The third-order valence-electron chi connectivity index (χ3n) is 7.03. The summed E-state index contributed by atoms with van der Waals surface area (Å²) >= 11 is 0. The number of nitrogens with zero attached hydrogens (tertiary/aromatic N) is 1. The van der Waals surface area contributed by atoms with E-state index in [9.17, 15) is 0 Å². The molecule has 0 bridgehead atoms. The molecule has 0 amide bonds. The van der Waals surface area contributed by atoms with Crippen LogP contribution in [-0.4, -0.2) is 11.6 Å². The molecule has 3 aromatic rings. The number of ether oxygens (including phenoxy) is 1. The van der Waals surface area contributed by atoms with Gasteiger partial charge in [0, 0.05) is 11.9 Å². The average molecular weight is 486 g/mol. The highest BCUT2D eigenvalue weighted by atomic mass is 16.5. The van der Waals surface area contributed by atoms with E-state index in [1.165, 1.54) is 92.2 Å². The fourth-order valence-corrected chi connectivity index (χ4v) is 4.64. The van der Waals surface area contributed by atoms with Gasteiger partial charge in [0.2, 0.25) is 0 Å². The summed E-state index contributed by atoms with van der Waals surface area (Å²) in [4.78, 5) is 4.71. The van der Waals surface area contributed by atoms with Crippen LogP contribution in [-0.2, 0) is 19.3 Å². The van der Waals surface area contributed by atoms with Crippen LogP contribution in [0.15, 0.2) is 66.9 Å². The molecular formula is C34H47NO. The molecule has 0 saturated carbocycles. The van der Waals surface area contributed by atoms with Gasteiger partial charge in [0.15, 0.2) is 0 Å². The number of unbranched alkanes of at least 4 members (excludes halogenated alkanes) is 9. The van der Waals surface area contributed by atoms with Gasteiger partial charge in [0.25, 0.3) is 0 Å². The molecule has 0 aliphatic carbocycles. The maximum atomic E-state index is 5.93. The Morgan fingerprint density at radius 2 is 1.11 bits per heavy atom. The first-order valence-corrected chi connectivity index (χ1v) is 14.5. The van der Waals surface area contributed by atoms with Gasteiger partial charge < -0.3 is 4.74 Å². The van der Waals surface area contributed by atoms with E-state index in [1.807, 2.05) is 0 Å². The number of pyridine rings is 1. The van der Waals surface area contributed by atoms with Crippen molar-refractivity contribution < 1.29 is 4.74 Å². The Hall–Kier alpha value is -2.61. The molecular weight excluding hydrogens is 438 g/mol. The molecule has 2 heteroatoms. The normalized spacial score (nSPS) is 11.1. The van der Waals surface area contributed by atoms with Crippen LogP contribution in [0.2, 0.25) is 0 Å². The molecule has 2 aromatic carbocycles. The molecule has 194 valence electrons. The van der Waals surface area contributed by atoms with Crippen LogP contribution in [0, 0.1) is 0 Å². The summed E-state index contributed by atoms with van der Waals surface area (Å²) in [6, 6.07) is 22.0. The van der Waals surface area contributed by atoms with E-state index in [4.69, 9.17) is 9.72 Å². The van der Waals surface area contributed by atoms with Gasteiger partial charge in [-0.3, -0.25) is 4.98 Å². The van der Waals surface area contributed by atoms with E-state index in [1.54, 1.807) is 0 Å². The molecule has 1 aromatic heterocycles. The molecule has 1 heterocycles. The fourth-order valence-electron chi connectivity index (χ4n) is 4.64. The van der Waals surface area contributed by atoms with Gasteiger partial charge in [-0.05, 0) is 72.6 Å². The molecule has 0 aliphatic heterocycles. The molecule has 0 N–H and O–H groups in total. The van der Waals surface area contributed by atoms with Crippen molar-refractivity contribution in [3.05, 3.63) is 83.7 Å². The molecule has 0 saturated heterocycles. The molecule has 0 spiro atoms. The Morgan fingerprint density at radius 1 is 0.528 bits per heavy atom. The Labute approximate surface area is 220 Å². The maximum Gasteiger partial charge on any atom is 0.119 e. The van der Waals surface area contributed by atoms with Gasteiger partial charge >= 0.3 is 0 Å². The minimum atomic E-state index is 0.816. The predicted octanol–water partition coefficient (Wildman–Crippen LogP) is 9.79. The lowest BCUT2D eigenvalue weighted by Crippen LogP contribution is -1.97. The quantitative estimate of drug-likeness (QED) is 0.167. The van der Waals surface area contributed by atoms with Crippen LogP contribution < -0.4 is 4.74 Å². The number of hydrogen-bond donors (Lipinski definition) is 0. The largest absolute Gasteiger partial charge is 0.494 e. The Kier molecular flexibility index (Phi) is 13.2. The Morgan fingerprint density at radius 3 is 1.75 bits per heavy atom. The van der Waals surface area contributed by atoms with Gasteiger partial charge in [-0.15, -0.1) is 0 Å². The summed E-state index contributed by atoms with van der Waals surface area (Å²) in [6.07, 6.45) is 19.6. The minimum Gasteiger partial charge on any atom is -0.494 e. The van der Waals surface area contributed by atoms with Crippen LogP contribution in [0.5, 0.6) is 5.75 Å². The maximum absolute atomic E-state index is 5.93. The van der Waals surface area contributed by atoms with Gasteiger partial charge in [-0.1, -0.05) is 114 Å². The number of aryl methyl sites for hydroxylation is 3. The summed E-state index contributed by atoms with van der Waals surface area (Å²) in [5, 5.41) is 0. The summed E-state index contributed by atoms with van der Waals surface area (Å²) in [7, 11) is 0. The molecule has 0 aliphatic rings. The van der Waals surface area contributed by atoms with Crippen LogP contribution in [0.25, 0.3) is 11.1 Å².